The standard InChI is InChI=1S/C12H15N3O2/c1-14-10-4-2-3-8-7(6-15-11(8)10)5-9(13)12(16)17/h2-4,6,9,14-15H,5,13H2,1H3,(H,16,17)/t9-/m0/s1. The number of anilines is 1. The zero-order valence-electron chi connectivity index (χ0n) is 9.53. The Morgan fingerprint density at radius 1 is 1.59 bits per heavy atom. The lowest BCUT2D eigenvalue weighted by Crippen LogP contribution is -2.32. The van der Waals surface area contributed by atoms with Gasteiger partial charge in [-0.05, 0) is 11.6 Å². The third-order valence-corrected chi connectivity index (χ3v) is 2.83. The summed E-state index contributed by atoms with van der Waals surface area (Å²) >= 11 is 0. The third-order valence-electron chi connectivity index (χ3n) is 2.83. The number of benzene rings is 1. The van der Waals surface area contributed by atoms with E-state index >= 15 is 0 Å². The summed E-state index contributed by atoms with van der Waals surface area (Å²) in [7, 11) is 1.85. The Kier molecular flexibility index (Phi) is 3.01. The van der Waals surface area contributed by atoms with E-state index in [0.29, 0.717) is 6.42 Å². The summed E-state index contributed by atoms with van der Waals surface area (Å²) in [6.07, 6.45) is 2.14. The van der Waals surface area contributed by atoms with Crippen LogP contribution in [0.1, 0.15) is 5.56 Å². The van der Waals surface area contributed by atoms with Gasteiger partial charge in [-0.25, -0.2) is 0 Å². The molecule has 0 radical (unpaired) electrons. The normalized spacial score (nSPS) is 12.6. The number of H-pyrrole nitrogens is 1. The Morgan fingerprint density at radius 3 is 3.00 bits per heavy atom. The molecule has 1 atom stereocenters. The van der Waals surface area contributed by atoms with Gasteiger partial charge >= 0.3 is 5.97 Å². The van der Waals surface area contributed by atoms with E-state index in [1.54, 1.807) is 0 Å². The van der Waals surface area contributed by atoms with E-state index in [1.165, 1.54) is 0 Å². The maximum absolute atomic E-state index is 10.7. The van der Waals surface area contributed by atoms with Crippen molar-refractivity contribution < 1.29 is 9.90 Å². The van der Waals surface area contributed by atoms with Crippen LogP contribution in [0.5, 0.6) is 0 Å². The van der Waals surface area contributed by atoms with Crippen LogP contribution in [0.15, 0.2) is 24.4 Å². The summed E-state index contributed by atoms with van der Waals surface area (Å²) in [5.41, 5.74) is 8.42. The molecule has 0 spiro atoms. The second-order valence-electron chi connectivity index (χ2n) is 3.94. The average molecular weight is 233 g/mol. The molecular formula is C12H15N3O2. The lowest BCUT2D eigenvalue weighted by atomic mass is 10.1. The van der Waals surface area contributed by atoms with Crippen LogP contribution in [0, 0.1) is 0 Å². The summed E-state index contributed by atoms with van der Waals surface area (Å²) in [6.45, 7) is 0. The van der Waals surface area contributed by atoms with Crippen molar-refractivity contribution in [2.24, 2.45) is 5.73 Å². The quantitative estimate of drug-likeness (QED) is 0.638. The van der Waals surface area contributed by atoms with Crippen LogP contribution in [0.25, 0.3) is 10.9 Å². The number of aliphatic carboxylic acids is 1. The summed E-state index contributed by atoms with van der Waals surface area (Å²) in [5, 5.41) is 12.9. The summed E-state index contributed by atoms with van der Waals surface area (Å²) in [5.74, 6) is -0.982. The molecule has 1 heterocycles. The number of nitrogens with one attached hydrogen (secondary N) is 2. The van der Waals surface area contributed by atoms with Gasteiger partial charge in [0.1, 0.15) is 6.04 Å². The molecule has 1 aromatic carbocycles. The van der Waals surface area contributed by atoms with Gasteiger partial charge in [-0.15, -0.1) is 0 Å². The van der Waals surface area contributed by atoms with Crippen LogP contribution in [0.2, 0.25) is 0 Å². The second kappa shape index (κ2) is 4.47. The van der Waals surface area contributed by atoms with E-state index in [-0.39, 0.29) is 0 Å². The Morgan fingerprint density at radius 2 is 2.35 bits per heavy atom. The largest absolute Gasteiger partial charge is 0.480 e. The fourth-order valence-electron chi connectivity index (χ4n) is 1.91. The average Bonchev–Trinajstić information content (AvgIpc) is 2.72. The van der Waals surface area contributed by atoms with Crippen molar-refractivity contribution in [3.63, 3.8) is 0 Å². The number of nitrogens with two attached hydrogens (primary N) is 1. The van der Waals surface area contributed by atoms with Gasteiger partial charge in [-0.2, -0.15) is 0 Å². The number of rotatable bonds is 4. The Labute approximate surface area is 98.6 Å². The van der Waals surface area contributed by atoms with Gasteiger partial charge in [0.15, 0.2) is 0 Å². The monoisotopic (exact) mass is 233 g/mol. The highest BCUT2D eigenvalue weighted by atomic mass is 16.4. The SMILES string of the molecule is CNc1cccc2c(C[C@H](N)C(=O)O)c[nH]c12. The maximum atomic E-state index is 10.7. The predicted octanol–water partition coefficient (Wildman–Crippen LogP) is 1.16. The lowest BCUT2D eigenvalue weighted by molar-refractivity contribution is -0.138. The van der Waals surface area contributed by atoms with E-state index in [0.717, 1.165) is 22.2 Å². The number of fused-ring (bicyclic) bond motifs is 1. The first kappa shape index (κ1) is 11.5. The van der Waals surface area contributed by atoms with Gasteiger partial charge in [0, 0.05) is 25.1 Å². The molecule has 17 heavy (non-hydrogen) atoms. The number of hydrogen-bond acceptors (Lipinski definition) is 3. The molecule has 1 aromatic heterocycles. The maximum Gasteiger partial charge on any atom is 0.320 e. The van der Waals surface area contributed by atoms with Gasteiger partial charge in [-0.1, -0.05) is 12.1 Å². The van der Waals surface area contributed by atoms with E-state index in [9.17, 15) is 4.79 Å². The Bertz CT molecular complexity index is 548. The second-order valence-corrected chi connectivity index (χ2v) is 3.94. The van der Waals surface area contributed by atoms with Gasteiger partial charge in [0.25, 0.3) is 0 Å². The van der Waals surface area contributed by atoms with Gasteiger partial charge in [0.05, 0.1) is 11.2 Å². The van der Waals surface area contributed by atoms with E-state index in [1.807, 2.05) is 31.4 Å². The molecule has 0 bridgehead atoms. The van der Waals surface area contributed by atoms with Crippen molar-refractivity contribution in [1.82, 2.24) is 4.98 Å². The van der Waals surface area contributed by atoms with Gasteiger partial charge in [0.2, 0.25) is 0 Å². The number of carboxylic acids is 1. The minimum Gasteiger partial charge on any atom is -0.480 e. The fourth-order valence-corrected chi connectivity index (χ4v) is 1.91. The molecule has 2 rings (SSSR count). The summed E-state index contributed by atoms with van der Waals surface area (Å²) < 4.78 is 0. The van der Waals surface area contributed by atoms with Crippen LogP contribution < -0.4 is 11.1 Å². The topological polar surface area (TPSA) is 91.1 Å². The third kappa shape index (κ3) is 2.09. The number of para-hydroxylation sites is 1. The number of carbonyl (C=O) groups is 1. The highest BCUT2D eigenvalue weighted by Gasteiger charge is 2.15. The lowest BCUT2D eigenvalue weighted by Gasteiger charge is -2.05. The fraction of sp³-hybridized carbons (Fsp3) is 0.250. The van der Waals surface area contributed by atoms with Crippen molar-refractivity contribution >= 4 is 22.6 Å². The number of carboxylic acid groups (broad SMARTS) is 1. The molecule has 0 aliphatic heterocycles. The molecule has 5 N–H and O–H groups in total. The van der Waals surface area contributed by atoms with Crippen LogP contribution >= 0.6 is 0 Å². The van der Waals surface area contributed by atoms with E-state index < -0.39 is 12.0 Å². The molecule has 5 heteroatoms. The minimum absolute atomic E-state index is 0.322. The molecule has 0 amide bonds. The summed E-state index contributed by atoms with van der Waals surface area (Å²) in [4.78, 5) is 13.9. The van der Waals surface area contributed by atoms with Crippen molar-refractivity contribution in [2.75, 3.05) is 12.4 Å². The Hall–Kier alpha value is -2.01. The molecule has 0 unspecified atom stereocenters. The molecule has 0 aliphatic rings. The highest BCUT2D eigenvalue weighted by Crippen LogP contribution is 2.25. The van der Waals surface area contributed by atoms with Crippen molar-refractivity contribution in [3.8, 4) is 0 Å². The van der Waals surface area contributed by atoms with Gasteiger partial charge < -0.3 is 21.1 Å². The first-order valence-electron chi connectivity index (χ1n) is 5.38. The molecule has 0 saturated carbocycles. The minimum atomic E-state index is -0.982. The van der Waals surface area contributed by atoms with Crippen LogP contribution in [-0.4, -0.2) is 29.1 Å². The van der Waals surface area contributed by atoms with E-state index in [2.05, 4.69) is 10.3 Å². The van der Waals surface area contributed by atoms with Crippen molar-refractivity contribution in [1.29, 1.82) is 0 Å². The zero-order valence-corrected chi connectivity index (χ0v) is 9.53. The first-order chi connectivity index (χ1) is 8.13. The van der Waals surface area contributed by atoms with Crippen molar-refractivity contribution in [3.05, 3.63) is 30.0 Å². The first-order valence-corrected chi connectivity index (χ1v) is 5.38. The molecule has 0 aliphatic carbocycles. The van der Waals surface area contributed by atoms with Crippen LogP contribution in [-0.2, 0) is 11.2 Å². The molecular weight excluding hydrogens is 218 g/mol. The van der Waals surface area contributed by atoms with Gasteiger partial charge in [-0.3, -0.25) is 4.79 Å². The van der Waals surface area contributed by atoms with Crippen LogP contribution in [0.4, 0.5) is 5.69 Å². The van der Waals surface area contributed by atoms with E-state index in [4.69, 9.17) is 10.8 Å². The molecule has 0 fully saturated rings. The van der Waals surface area contributed by atoms with Crippen molar-refractivity contribution in [2.45, 2.75) is 12.5 Å². The molecule has 90 valence electrons. The highest BCUT2D eigenvalue weighted by molar-refractivity contribution is 5.93. The molecule has 0 saturated heterocycles. The molecule has 2 aromatic rings. The number of aromatic nitrogens is 1. The number of hydrogen-bond donors (Lipinski definition) is 4. The molecule has 5 nitrogen and oxygen atoms in total. The predicted molar refractivity (Wildman–Crippen MR) is 67.2 cm³/mol. The number of aromatic amines is 1. The smallest absolute Gasteiger partial charge is 0.320 e. The zero-order chi connectivity index (χ0) is 12.4. The Balaban J connectivity index is 2.40. The summed E-state index contributed by atoms with van der Waals surface area (Å²) in [6, 6.07) is 4.97. The van der Waals surface area contributed by atoms with Crippen LogP contribution in [0.3, 0.4) is 0 Å².